The zero-order chi connectivity index (χ0) is 14.9. The topological polar surface area (TPSA) is 15.3 Å². The first-order valence-electron chi connectivity index (χ1n) is 6.55. The first kappa shape index (κ1) is 15.1. The fourth-order valence-corrected chi connectivity index (χ4v) is 3.00. The fourth-order valence-electron chi connectivity index (χ4n) is 2.53. The van der Waals surface area contributed by atoms with Gasteiger partial charge in [-0.1, -0.05) is 0 Å². The van der Waals surface area contributed by atoms with Crippen LogP contribution in [0.5, 0.6) is 0 Å². The lowest BCUT2D eigenvalue weighted by atomic mass is 10.2. The van der Waals surface area contributed by atoms with Crippen molar-refractivity contribution in [1.82, 2.24) is 4.90 Å². The fraction of sp³-hybridized carbons (Fsp3) is 0.500. The van der Waals surface area contributed by atoms with Crippen molar-refractivity contribution in [2.45, 2.75) is 44.9 Å². The summed E-state index contributed by atoms with van der Waals surface area (Å²) in [6.07, 6.45) is -2.15. The number of anilines is 1. The molecule has 0 aromatic heterocycles. The SMILES string of the molecule is C[C@@H]1CC[C@H](C)N1C(=S)Nc1ccc(C(F)(F)F)cc1. The molecule has 1 aliphatic heterocycles. The number of nitrogens with one attached hydrogen (secondary N) is 1. The van der Waals surface area contributed by atoms with Crippen molar-refractivity contribution < 1.29 is 13.2 Å². The van der Waals surface area contributed by atoms with E-state index in [-0.39, 0.29) is 0 Å². The smallest absolute Gasteiger partial charge is 0.344 e. The van der Waals surface area contributed by atoms with Crippen molar-refractivity contribution in [3.63, 3.8) is 0 Å². The molecule has 2 nitrogen and oxygen atoms in total. The maximum atomic E-state index is 12.5. The molecule has 0 amide bonds. The Balaban J connectivity index is 2.05. The highest BCUT2D eigenvalue weighted by Crippen LogP contribution is 2.30. The summed E-state index contributed by atoms with van der Waals surface area (Å²) in [6, 6.07) is 5.64. The predicted octanol–water partition coefficient (Wildman–Crippen LogP) is 4.28. The molecule has 1 saturated heterocycles. The summed E-state index contributed by atoms with van der Waals surface area (Å²) in [5.41, 5.74) is -0.0776. The summed E-state index contributed by atoms with van der Waals surface area (Å²) < 4.78 is 37.4. The van der Waals surface area contributed by atoms with Gasteiger partial charge in [-0.05, 0) is 63.2 Å². The molecule has 110 valence electrons. The van der Waals surface area contributed by atoms with E-state index in [1.807, 2.05) is 0 Å². The summed E-state index contributed by atoms with van der Waals surface area (Å²) >= 11 is 5.35. The van der Waals surface area contributed by atoms with E-state index >= 15 is 0 Å². The molecule has 1 heterocycles. The van der Waals surface area contributed by atoms with Crippen LogP contribution in [0.2, 0.25) is 0 Å². The van der Waals surface area contributed by atoms with Gasteiger partial charge in [-0.15, -0.1) is 0 Å². The molecule has 0 saturated carbocycles. The van der Waals surface area contributed by atoms with Crippen molar-refractivity contribution >= 4 is 23.0 Å². The molecular weight excluding hydrogens is 285 g/mol. The lowest BCUT2D eigenvalue weighted by molar-refractivity contribution is -0.137. The first-order valence-corrected chi connectivity index (χ1v) is 6.96. The van der Waals surface area contributed by atoms with Gasteiger partial charge in [-0.25, -0.2) is 0 Å². The zero-order valence-corrected chi connectivity index (χ0v) is 12.2. The number of rotatable bonds is 1. The summed E-state index contributed by atoms with van der Waals surface area (Å²) in [6.45, 7) is 4.20. The van der Waals surface area contributed by atoms with Crippen LogP contribution in [0.1, 0.15) is 32.3 Å². The molecule has 20 heavy (non-hydrogen) atoms. The van der Waals surface area contributed by atoms with Gasteiger partial charge in [-0.2, -0.15) is 13.2 Å². The standard InChI is InChI=1S/C14H17F3N2S/c1-9-3-4-10(2)19(9)13(20)18-12-7-5-11(6-8-12)14(15,16)17/h5-10H,3-4H2,1-2H3,(H,18,20)/t9-,10+. The van der Waals surface area contributed by atoms with Gasteiger partial charge in [-0.3, -0.25) is 0 Å². The van der Waals surface area contributed by atoms with E-state index < -0.39 is 11.7 Å². The molecule has 6 heteroatoms. The van der Waals surface area contributed by atoms with Gasteiger partial charge in [0.2, 0.25) is 0 Å². The van der Waals surface area contributed by atoms with E-state index in [1.54, 1.807) is 0 Å². The Morgan fingerprint density at radius 1 is 1.15 bits per heavy atom. The minimum absolute atomic E-state index is 0.361. The average molecular weight is 302 g/mol. The molecule has 0 spiro atoms. The van der Waals surface area contributed by atoms with Gasteiger partial charge in [0.05, 0.1) is 5.56 Å². The number of likely N-dealkylation sites (tertiary alicyclic amines) is 1. The van der Waals surface area contributed by atoms with Gasteiger partial charge in [0, 0.05) is 17.8 Å². The molecule has 1 aromatic carbocycles. The third-order valence-electron chi connectivity index (χ3n) is 3.65. The largest absolute Gasteiger partial charge is 0.416 e. The van der Waals surface area contributed by atoms with Crippen LogP contribution in [0.4, 0.5) is 18.9 Å². The minimum atomic E-state index is -4.31. The summed E-state index contributed by atoms with van der Waals surface area (Å²) in [4.78, 5) is 2.10. The van der Waals surface area contributed by atoms with Crippen LogP contribution in [0, 0.1) is 0 Å². The van der Waals surface area contributed by atoms with Gasteiger partial charge < -0.3 is 10.2 Å². The average Bonchev–Trinajstić information content (AvgIpc) is 2.68. The summed E-state index contributed by atoms with van der Waals surface area (Å²) in [5, 5.41) is 3.58. The number of nitrogens with zero attached hydrogens (tertiary/aromatic N) is 1. The third-order valence-corrected chi connectivity index (χ3v) is 3.96. The first-order chi connectivity index (χ1) is 9.29. The van der Waals surface area contributed by atoms with E-state index in [0.717, 1.165) is 25.0 Å². The lowest BCUT2D eigenvalue weighted by Crippen LogP contribution is -2.41. The van der Waals surface area contributed by atoms with Gasteiger partial charge >= 0.3 is 6.18 Å². The quantitative estimate of drug-likeness (QED) is 0.780. The Bertz CT molecular complexity index is 474. The van der Waals surface area contributed by atoms with E-state index in [2.05, 4.69) is 24.1 Å². The minimum Gasteiger partial charge on any atom is -0.344 e. The van der Waals surface area contributed by atoms with Crippen molar-refractivity contribution in [2.24, 2.45) is 0 Å². The second-order valence-electron chi connectivity index (χ2n) is 5.19. The van der Waals surface area contributed by atoms with Gasteiger partial charge in [0.25, 0.3) is 0 Å². The van der Waals surface area contributed by atoms with E-state index in [0.29, 0.717) is 22.9 Å². The number of benzene rings is 1. The lowest BCUT2D eigenvalue weighted by Gasteiger charge is -2.29. The van der Waals surface area contributed by atoms with Crippen molar-refractivity contribution in [3.05, 3.63) is 29.8 Å². The zero-order valence-electron chi connectivity index (χ0n) is 11.4. The molecule has 0 bridgehead atoms. The van der Waals surface area contributed by atoms with Crippen LogP contribution in [0.15, 0.2) is 24.3 Å². The molecule has 0 unspecified atom stereocenters. The highest BCUT2D eigenvalue weighted by atomic mass is 32.1. The third kappa shape index (κ3) is 3.23. The van der Waals surface area contributed by atoms with Gasteiger partial charge in [0.1, 0.15) is 0 Å². The Hall–Kier alpha value is -1.30. The number of halogens is 3. The van der Waals surface area contributed by atoms with Crippen LogP contribution >= 0.6 is 12.2 Å². The second-order valence-corrected chi connectivity index (χ2v) is 5.57. The predicted molar refractivity (Wildman–Crippen MR) is 77.7 cm³/mol. The van der Waals surface area contributed by atoms with Crippen LogP contribution in [0.3, 0.4) is 0 Å². The second kappa shape index (κ2) is 5.60. The van der Waals surface area contributed by atoms with Crippen molar-refractivity contribution in [2.75, 3.05) is 5.32 Å². The highest BCUT2D eigenvalue weighted by Gasteiger charge is 2.31. The molecule has 1 fully saturated rings. The number of thiocarbonyl (C=S) groups is 1. The monoisotopic (exact) mass is 302 g/mol. The van der Waals surface area contributed by atoms with E-state index in [4.69, 9.17) is 12.2 Å². The normalized spacial score (nSPS) is 22.9. The highest BCUT2D eigenvalue weighted by molar-refractivity contribution is 7.80. The van der Waals surface area contributed by atoms with Crippen LogP contribution in [-0.2, 0) is 6.18 Å². The number of hydrogen-bond acceptors (Lipinski definition) is 1. The molecular formula is C14H17F3N2S. The van der Waals surface area contributed by atoms with Crippen molar-refractivity contribution in [1.29, 1.82) is 0 Å². The Labute approximate surface area is 122 Å². The van der Waals surface area contributed by atoms with E-state index in [9.17, 15) is 13.2 Å². The Morgan fingerprint density at radius 3 is 2.10 bits per heavy atom. The molecule has 1 aliphatic rings. The summed E-state index contributed by atoms with van der Waals surface area (Å²) in [5.74, 6) is 0. The number of hydrogen-bond donors (Lipinski definition) is 1. The van der Waals surface area contributed by atoms with Crippen LogP contribution < -0.4 is 5.32 Å². The molecule has 2 atom stereocenters. The maximum Gasteiger partial charge on any atom is 0.416 e. The molecule has 0 radical (unpaired) electrons. The molecule has 2 rings (SSSR count). The molecule has 1 N–H and O–H groups in total. The molecule has 0 aliphatic carbocycles. The Morgan fingerprint density at radius 2 is 1.65 bits per heavy atom. The Kier molecular flexibility index (Phi) is 4.22. The molecule has 1 aromatic rings. The number of alkyl halides is 3. The van der Waals surface area contributed by atoms with E-state index in [1.165, 1.54) is 12.1 Å². The van der Waals surface area contributed by atoms with Crippen LogP contribution in [0.25, 0.3) is 0 Å². The summed E-state index contributed by atoms with van der Waals surface area (Å²) in [7, 11) is 0. The van der Waals surface area contributed by atoms with Gasteiger partial charge in [0.15, 0.2) is 5.11 Å². The van der Waals surface area contributed by atoms with Crippen molar-refractivity contribution in [3.8, 4) is 0 Å². The maximum absolute atomic E-state index is 12.5. The van der Waals surface area contributed by atoms with Crippen LogP contribution in [-0.4, -0.2) is 22.1 Å².